The van der Waals surface area contributed by atoms with Gasteiger partial charge in [0, 0.05) is 44.0 Å². The first kappa shape index (κ1) is 15.6. The number of amides is 1. The normalized spacial score (nSPS) is 17.4. The van der Waals surface area contributed by atoms with Crippen molar-refractivity contribution in [2.75, 3.05) is 31.1 Å². The fourth-order valence-electron chi connectivity index (χ4n) is 3.01. The fraction of sp³-hybridized carbons (Fsp3) is 0.444. The Morgan fingerprint density at radius 3 is 2.64 bits per heavy atom. The summed E-state index contributed by atoms with van der Waals surface area (Å²) in [6.07, 6.45) is 3.78. The van der Waals surface area contributed by atoms with E-state index in [2.05, 4.69) is 16.0 Å². The van der Waals surface area contributed by atoms with Gasteiger partial charge in [-0.25, -0.2) is 4.98 Å². The van der Waals surface area contributed by atoms with E-state index in [4.69, 9.17) is 4.42 Å². The lowest BCUT2D eigenvalue weighted by Crippen LogP contribution is -2.49. The molecule has 0 N–H and O–H groups in total. The van der Waals surface area contributed by atoms with Crippen LogP contribution in [0.5, 0.6) is 0 Å². The van der Waals surface area contributed by atoms with E-state index < -0.39 is 0 Å². The minimum atomic E-state index is -0.0103. The summed E-state index contributed by atoms with van der Waals surface area (Å²) in [5.74, 6) is 1.59. The summed E-state index contributed by atoms with van der Waals surface area (Å²) >= 11 is 0. The molecule has 25 heavy (non-hydrogen) atoms. The molecule has 4 rings (SSSR count). The first-order valence-corrected chi connectivity index (χ1v) is 8.53. The van der Waals surface area contributed by atoms with E-state index in [1.165, 1.54) is 0 Å². The smallest absolute Gasteiger partial charge is 0.255 e. The van der Waals surface area contributed by atoms with E-state index in [0.29, 0.717) is 55.1 Å². The summed E-state index contributed by atoms with van der Waals surface area (Å²) < 4.78 is 5.84. The van der Waals surface area contributed by atoms with Crippen molar-refractivity contribution in [2.24, 2.45) is 0 Å². The van der Waals surface area contributed by atoms with Crippen LogP contribution in [-0.4, -0.2) is 47.0 Å². The highest BCUT2D eigenvalue weighted by Gasteiger charge is 2.32. The highest BCUT2D eigenvalue weighted by Crippen LogP contribution is 2.41. The van der Waals surface area contributed by atoms with E-state index >= 15 is 0 Å². The molecule has 1 aliphatic heterocycles. The average Bonchev–Trinajstić information content (AvgIpc) is 3.41. The lowest BCUT2D eigenvalue weighted by atomic mass is 10.2. The van der Waals surface area contributed by atoms with E-state index in [0.717, 1.165) is 18.5 Å². The molecule has 0 bridgehead atoms. The standard InChI is InChI=1S/C18H19N5O2/c1-12-2-3-14(11-20-12)17(24)22-6-8-23(9-7-22)18-15(10-19)21-16(25-18)13-4-5-13/h2-3,11,13H,4-9H2,1H3. The van der Waals surface area contributed by atoms with Crippen LogP contribution in [0, 0.1) is 18.3 Å². The van der Waals surface area contributed by atoms with Crippen LogP contribution in [0.25, 0.3) is 0 Å². The molecule has 0 atom stereocenters. The van der Waals surface area contributed by atoms with Crippen LogP contribution in [0.3, 0.4) is 0 Å². The van der Waals surface area contributed by atoms with Crippen molar-refractivity contribution in [3.63, 3.8) is 0 Å². The van der Waals surface area contributed by atoms with Gasteiger partial charge in [-0.2, -0.15) is 5.26 Å². The Balaban J connectivity index is 1.44. The quantitative estimate of drug-likeness (QED) is 0.852. The van der Waals surface area contributed by atoms with Gasteiger partial charge in [-0.3, -0.25) is 9.78 Å². The second-order valence-corrected chi connectivity index (χ2v) is 6.56. The second-order valence-electron chi connectivity index (χ2n) is 6.56. The monoisotopic (exact) mass is 337 g/mol. The minimum Gasteiger partial charge on any atom is -0.423 e. The SMILES string of the molecule is Cc1ccc(C(=O)N2CCN(c3oc(C4CC4)nc3C#N)CC2)cn1. The maximum Gasteiger partial charge on any atom is 0.255 e. The Labute approximate surface area is 145 Å². The largest absolute Gasteiger partial charge is 0.423 e. The zero-order chi connectivity index (χ0) is 17.4. The van der Waals surface area contributed by atoms with Crippen LogP contribution in [0.2, 0.25) is 0 Å². The van der Waals surface area contributed by atoms with E-state index in [1.807, 2.05) is 28.9 Å². The lowest BCUT2D eigenvalue weighted by Gasteiger charge is -2.34. The third kappa shape index (κ3) is 3.07. The number of oxazole rings is 1. The number of hydrogen-bond acceptors (Lipinski definition) is 6. The molecule has 1 amide bonds. The summed E-state index contributed by atoms with van der Waals surface area (Å²) in [5.41, 5.74) is 1.85. The van der Waals surface area contributed by atoms with Crippen molar-refractivity contribution in [1.29, 1.82) is 5.26 Å². The molecule has 3 heterocycles. The van der Waals surface area contributed by atoms with Gasteiger partial charge in [-0.05, 0) is 31.9 Å². The van der Waals surface area contributed by atoms with Crippen LogP contribution >= 0.6 is 0 Å². The van der Waals surface area contributed by atoms with Crippen LogP contribution < -0.4 is 4.90 Å². The van der Waals surface area contributed by atoms with Gasteiger partial charge in [0.05, 0.1) is 5.56 Å². The molecule has 128 valence electrons. The highest BCUT2D eigenvalue weighted by molar-refractivity contribution is 5.94. The van der Waals surface area contributed by atoms with E-state index in [9.17, 15) is 10.1 Å². The van der Waals surface area contributed by atoms with Gasteiger partial charge >= 0.3 is 0 Å². The summed E-state index contributed by atoms with van der Waals surface area (Å²) in [5, 5.41) is 9.31. The predicted molar refractivity (Wildman–Crippen MR) is 90.3 cm³/mol. The molecule has 0 radical (unpaired) electrons. The average molecular weight is 337 g/mol. The van der Waals surface area contributed by atoms with E-state index in [-0.39, 0.29) is 5.91 Å². The number of piperazine rings is 1. The second kappa shape index (κ2) is 6.20. The van der Waals surface area contributed by atoms with Crippen LogP contribution in [0.4, 0.5) is 5.88 Å². The Kier molecular flexibility index (Phi) is 3.88. The van der Waals surface area contributed by atoms with Crippen molar-refractivity contribution in [2.45, 2.75) is 25.7 Å². The Morgan fingerprint density at radius 2 is 2.04 bits per heavy atom. The molecular weight excluding hydrogens is 318 g/mol. The predicted octanol–water partition coefficient (Wildman–Crippen LogP) is 2.09. The van der Waals surface area contributed by atoms with Gasteiger partial charge in [-0.15, -0.1) is 0 Å². The number of hydrogen-bond donors (Lipinski definition) is 0. The molecule has 2 aromatic rings. The molecule has 0 aromatic carbocycles. The first-order valence-electron chi connectivity index (χ1n) is 8.53. The van der Waals surface area contributed by atoms with Crippen LogP contribution in [0.15, 0.2) is 22.7 Å². The number of anilines is 1. The van der Waals surface area contributed by atoms with Crippen LogP contribution in [-0.2, 0) is 0 Å². The van der Waals surface area contributed by atoms with Crippen LogP contribution in [0.1, 0.15) is 46.4 Å². The van der Waals surface area contributed by atoms with Crippen molar-refractivity contribution in [3.05, 3.63) is 41.2 Å². The summed E-state index contributed by atoms with van der Waals surface area (Å²) in [7, 11) is 0. The van der Waals surface area contributed by atoms with Gasteiger partial charge in [0.25, 0.3) is 5.91 Å². The molecule has 2 aromatic heterocycles. The Morgan fingerprint density at radius 1 is 1.28 bits per heavy atom. The Bertz CT molecular complexity index is 824. The van der Waals surface area contributed by atoms with Gasteiger partial charge in [0.1, 0.15) is 6.07 Å². The number of aryl methyl sites for hydroxylation is 1. The Hall–Kier alpha value is -2.88. The number of nitrogens with zero attached hydrogens (tertiary/aromatic N) is 5. The number of aromatic nitrogens is 2. The molecule has 7 heteroatoms. The summed E-state index contributed by atoms with van der Waals surface area (Å²) in [6.45, 7) is 4.30. The highest BCUT2D eigenvalue weighted by atomic mass is 16.4. The molecule has 2 fully saturated rings. The van der Waals surface area contributed by atoms with Gasteiger partial charge in [0.15, 0.2) is 0 Å². The number of rotatable bonds is 3. The molecule has 1 saturated heterocycles. The molecule has 0 unspecified atom stereocenters. The molecular formula is C18H19N5O2. The van der Waals surface area contributed by atoms with Crippen molar-refractivity contribution in [3.8, 4) is 6.07 Å². The van der Waals surface area contributed by atoms with Gasteiger partial charge < -0.3 is 14.2 Å². The molecule has 7 nitrogen and oxygen atoms in total. The number of carbonyl (C=O) groups excluding carboxylic acids is 1. The third-order valence-electron chi connectivity index (χ3n) is 4.67. The number of nitriles is 1. The topological polar surface area (TPSA) is 86.3 Å². The minimum absolute atomic E-state index is 0.0103. The zero-order valence-electron chi connectivity index (χ0n) is 14.1. The lowest BCUT2D eigenvalue weighted by molar-refractivity contribution is 0.0745. The molecule has 1 aliphatic carbocycles. The number of carbonyl (C=O) groups is 1. The van der Waals surface area contributed by atoms with Crippen molar-refractivity contribution >= 4 is 11.8 Å². The maximum atomic E-state index is 12.6. The van der Waals surface area contributed by atoms with Crippen molar-refractivity contribution in [1.82, 2.24) is 14.9 Å². The molecule has 0 spiro atoms. The van der Waals surface area contributed by atoms with Gasteiger partial charge in [-0.1, -0.05) is 0 Å². The maximum absolute atomic E-state index is 12.6. The number of pyridine rings is 1. The molecule has 2 aliphatic rings. The summed E-state index contributed by atoms with van der Waals surface area (Å²) in [4.78, 5) is 24.9. The van der Waals surface area contributed by atoms with E-state index in [1.54, 1.807) is 6.20 Å². The zero-order valence-corrected chi connectivity index (χ0v) is 14.1. The summed E-state index contributed by atoms with van der Waals surface area (Å²) in [6, 6.07) is 5.78. The van der Waals surface area contributed by atoms with Crippen molar-refractivity contribution < 1.29 is 9.21 Å². The van der Waals surface area contributed by atoms with Gasteiger partial charge in [0.2, 0.25) is 17.5 Å². The molecule has 1 saturated carbocycles. The fourth-order valence-corrected chi connectivity index (χ4v) is 3.01. The third-order valence-corrected chi connectivity index (χ3v) is 4.67. The first-order chi connectivity index (χ1) is 12.2.